The highest BCUT2D eigenvalue weighted by Gasteiger charge is 2.07. The van der Waals surface area contributed by atoms with Gasteiger partial charge in [0, 0.05) is 31.5 Å². The van der Waals surface area contributed by atoms with Crippen LogP contribution in [0.1, 0.15) is 28.3 Å². The lowest BCUT2D eigenvalue weighted by molar-refractivity contribution is 0.673. The predicted molar refractivity (Wildman–Crippen MR) is 74.4 cm³/mol. The second-order valence-corrected chi connectivity index (χ2v) is 4.68. The molecule has 0 aromatic carbocycles. The Kier molecular flexibility index (Phi) is 3.98. The second kappa shape index (κ2) is 5.68. The van der Waals surface area contributed by atoms with E-state index in [-0.39, 0.29) is 0 Å². The molecule has 2 heterocycles. The molecule has 4 heteroatoms. The molecule has 1 N–H and O–H groups in total. The molecule has 2 aromatic rings. The monoisotopic (exact) mass is 254 g/mol. The van der Waals surface area contributed by atoms with E-state index in [0.29, 0.717) is 5.69 Å². The van der Waals surface area contributed by atoms with Crippen LogP contribution in [0.5, 0.6) is 0 Å². The molecule has 98 valence electrons. The molecule has 0 radical (unpaired) electrons. The molecule has 19 heavy (non-hydrogen) atoms. The highest BCUT2D eigenvalue weighted by molar-refractivity contribution is 5.34. The fraction of sp³-hybridized carbons (Fsp3) is 0.333. The van der Waals surface area contributed by atoms with Gasteiger partial charge in [0.2, 0.25) is 0 Å². The number of aryl methyl sites for hydroxylation is 1. The maximum absolute atomic E-state index is 8.99. The molecule has 2 rings (SSSR count). The third-order valence-electron chi connectivity index (χ3n) is 3.32. The van der Waals surface area contributed by atoms with Gasteiger partial charge in [-0.3, -0.25) is 4.98 Å². The molecule has 0 aliphatic heterocycles. The summed E-state index contributed by atoms with van der Waals surface area (Å²) >= 11 is 0. The van der Waals surface area contributed by atoms with Gasteiger partial charge in [0.15, 0.2) is 0 Å². The van der Waals surface area contributed by atoms with Crippen molar-refractivity contribution in [3.63, 3.8) is 0 Å². The molecule has 0 aliphatic carbocycles. The van der Waals surface area contributed by atoms with Crippen LogP contribution in [0, 0.1) is 25.2 Å². The number of pyridine rings is 1. The van der Waals surface area contributed by atoms with Gasteiger partial charge in [-0.05, 0) is 37.6 Å². The lowest BCUT2D eigenvalue weighted by atomic mass is 10.2. The summed E-state index contributed by atoms with van der Waals surface area (Å²) in [6.07, 6.45) is 0. The fourth-order valence-electron chi connectivity index (χ4n) is 2.07. The summed E-state index contributed by atoms with van der Waals surface area (Å²) in [5, 5.41) is 12.4. The lowest BCUT2D eigenvalue weighted by Crippen LogP contribution is -2.14. The largest absolute Gasteiger partial charge is 0.340 e. The Morgan fingerprint density at radius 2 is 2.11 bits per heavy atom. The summed E-state index contributed by atoms with van der Waals surface area (Å²) in [6, 6.07) is 10.1. The van der Waals surface area contributed by atoms with E-state index in [1.165, 1.54) is 0 Å². The van der Waals surface area contributed by atoms with Crippen LogP contribution in [-0.4, -0.2) is 9.55 Å². The van der Waals surface area contributed by atoms with Crippen LogP contribution in [0.2, 0.25) is 0 Å². The first kappa shape index (κ1) is 13.3. The van der Waals surface area contributed by atoms with Crippen LogP contribution < -0.4 is 5.32 Å². The first-order chi connectivity index (χ1) is 9.11. The minimum absolute atomic E-state index is 0.697. The van der Waals surface area contributed by atoms with E-state index in [4.69, 9.17) is 5.26 Å². The van der Waals surface area contributed by atoms with E-state index >= 15 is 0 Å². The Bertz CT molecular complexity index is 620. The SMILES string of the molecule is Cc1cccc(CNCc2cc(C#N)n(C)c2C)n1. The van der Waals surface area contributed by atoms with Crippen molar-refractivity contribution in [1.29, 1.82) is 5.26 Å². The second-order valence-electron chi connectivity index (χ2n) is 4.68. The summed E-state index contributed by atoms with van der Waals surface area (Å²) in [6.45, 7) is 5.50. The summed E-state index contributed by atoms with van der Waals surface area (Å²) < 4.78 is 1.92. The van der Waals surface area contributed by atoms with Gasteiger partial charge in [-0.1, -0.05) is 6.07 Å². The number of nitrogens with one attached hydrogen (secondary N) is 1. The van der Waals surface area contributed by atoms with Gasteiger partial charge >= 0.3 is 0 Å². The standard InChI is InChI=1S/C15H18N4/c1-11-5-4-6-14(18-11)10-17-9-13-7-15(8-16)19(3)12(13)2/h4-7,17H,9-10H2,1-3H3. The number of hydrogen-bond donors (Lipinski definition) is 1. The van der Waals surface area contributed by atoms with E-state index in [1.807, 2.05) is 49.7 Å². The Morgan fingerprint density at radius 3 is 2.74 bits per heavy atom. The van der Waals surface area contributed by atoms with Crippen molar-refractivity contribution in [2.45, 2.75) is 26.9 Å². The summed E-state index contributed by atoms with van der Waals surface area (Å²) in [7, 11) is 1.92. The summed E-state index contributed by atoms with van der Waals surface area (Å²) in [4.78, 5) is 4.45. The number of aromatic nitrogens is 2. The van der Waals surface area contributed by atoms with Crippen LogP contribution in [0.4, 0.5) is 0 Å². The highest BCUT2D eigenvalue weighted by atomic mass is 15.0. The normalized spacial score (nSPS) is 10.4. The molecule has 0 saturated carbocycles. The Balaban J connectivity index is 1.98. The van der Waals surface area contributed by atoms with Crippen LogP contribution in [0.15, 0.2) is 24.3 Å². The van der Waals surface area contributed by atoms with Gasteiger partial charge in [-0.15, -0.1) is 0 Å². The smallest absolute Gasteiger partial charge is 0.120 e. The third kappa shape index (κ3) is 3.01. The summed E-state index contributed by atoms with van der Waals surface area (Å²) in [5.74, 6) is 0. The van der Waals surface area contributed by atoms with Crippen LogP contribution >= 0.6 is 0 Å². The van der Waals surface area contributed by atoms with Crippen molar-refractivity contribution >= 4 is 0 Å². The van der Waals surface area contributed by atoms with E-state index in [0.717, 1.165) is 35.7 Å². The maximum atomic E-state index is 8.99. The number of nitriles is 1. The van der Waals surface area contributed by atoms with Crippen molar-refractivity contribution in [3.8, 4) is 6.07 Å². The van der Waals surface area contributed by atoms with Crippen molar-refractivity contribution in [2.24, 2.45) is 7.05 Å². The Labute approximate surface area is 113 Å². The molecule has 4 nitrogen and oxygen atoms in total. The van der Waals surface area contributed by atoms with E-state index in [9.17, 15) is 0 Å². The summed E-state index contributed by atoms with van der Waals surface area (Å²) in [5.41, 5.74) is 5.05. The molecule has 0 saturated heterocycles. The number of hydrogen-bond acceptors (Lipinski definition) is 3. The zero-order chi connectivity index (χ0) is 13.8. The Morgan fingerprint density at radius 1 is 1.32 bits per heavy atom. The van der Waals surface area contributed by atoms with Crippen LogP contribution in [-0.2, 0) is 20.1 Å². The van der Waals surface area contributed by atoms with Crippen molar-refractivity contribution in [1.82, 2.24) is 14.9 Å². The molecule has 0 unspecified atom stereocenters. The Hall–Kier alpha value is -2.12. The minimum atomic E-state index is 0.697. The van der Waals surface area contributed by atoms with Crippen LogP contribution in [0.25, 0.3) is 0 Å². The molecule has 0 aliphatic rings. The fourth-order valence-corrected chi connectivity index (χ4v) is 2.07. The van der Waals surface area contributed by atoms with Gasteiger partial charge in [0.25, 0.3) is 0 Å². The van der Waals surface area contributed by atoms with Gasteiger partial charge in [0.05, 0.1) is 5.69 Å². The third-order valence-corrected chi connectivity index (χ3v) is 3.32. The van der Waals surface area contributed by atoms with Gasteiger partial charge < -0.3 is 9.88 Å². The quantitative estimate of drug-likeness (QED) is 0.910. The van der Waals surface area contributed by atoms with E-state index in [1.54, 1.807) is 0 Å². The van der Waals surface area contributed by atoms with E-state index in [2.05, 4.69) is 16.4 Å². The van der Waals surface area contributed by atoms with Gasteiger partial charge in [-0.2, -0.15) is 5.26 Å². The molecule has 0 amide bonds. The lowest BCUT2D eigenvalue weighted by Gasteiger charge is -2.05. The number of nitrogens with zero attached hydrogens (tertiary/aromatic N) is 3. The first-order valence-electron chi connectivity index (χ1n) is 6.30. The van der Waals surface area contributed by atoms with Gasteiger partial charge in [-0.25, -0.2) is 0 Å². The zero-order valence-corrected chi connectivity index (χ0v) is 11.6. The molecular weight excluding hydrogens is 236 g/mol. The highest BCUT2D eigenvalue weighted by Crippen LogP contribution is 2.13. The van der Waals surface area contributed by atoms with Crippen LogP contribution in [0.3, 0.4) is 0 Å². The zero-order valence-electron chi connectivity index (χ0n) is 11.6. The molecule has 0 atom stereocenters. The molecule has 2 aromatic heterocycles. The van der Waals surface area contributed by atoms with Crippen molar-refractivity contribution in [2.75, 3.05) is 0 Å². The van der Waals surface area contributed by atoms with Crippen molar-refractivity contribution in [3.05, 3.63) is 52.6 Å². The predicted octanol–water partition coefficient (Wildman–Crippen LogP) is 2.20. The molecular formula is C15H18N4. The average Bonchev–Trinajstić information content (AvgIpc) is 2.67. The van der Waals surface area contributed by atoms with E-state index < -0.39 is 0 Å². The van der Waals surface area contributed by atoms with Gasteiger partial charge in [0.1, 0.15) is 11.8 Å². The average molecular weight is 254 g/mol. The maximum Gasteiger partial charge on any atom is 0.120 e. The minimum Gasteiger partial charge on any atom is -0.340 e. The topological polar surface area (TPSA) is 53.6 Å². The van der Waals surface area contributed by atoms with Crippen molar-refractivity contribution < 1.29 is 0 Å². The first-order valence-corrected chi connectivity index (χ1v) is 6.30. The molecule has 0 fully saturated rings. The number of rotatable bonds is 4. The molecule has 0 spiro atoms. The molecule has 0 bridgehead atoms.